The number of amides is 1. The smallest absolute Gasteiger partial charge is 0.345 e. The molecule has 0 spiro atoms. The second kappa shape index (κ2) is 4.04. The Labute approximate surface area is 79.2 Å². The van der Waals surface area contributed by atoms with Crippen LogP contribution in [-0.2, 0) is 11.3 Å². The number of rotatable bonds is 3. The number of aromatic carboxylic acids is 1. The summed E-state index contributed by atoms with van der Waals surface area (Å²) in [6, 6.07) is 1.56. The molecule has 0 aromatic carbocycles. The fourth-order valence-electron chi connectivity index (χ4n) is 0.807. The Morgan fingerprint density at radius 2 is 2.31 bits per heavy atom. The molecule has 1 aromatic rings. The summed E-state index contributed by atoms with van der Waals surface area (Å²) >= 11 is 1.16. The third-order valence-electron chi connectivity index (χ3n) is 1.41. The zero-order valence-electron chi connectivity index (χ0n) is 7.03. The van der Waals surface area contributed by atoms with E-state index in [1.54, 1.807) is 11.4 Å². The van der Waals surface area contributed by atoms with Crippen LogP contribution < -0.4 is 5.32 Å². The normalized spacial score (nSPS) is 9.62. The van der Waals surface area contributed by atoms with Crippen LogP contribution in [0.2, 0.25) is 0 Å². The van der Waals surface area contributed by atoms with Crippen LogP contribution in [0.4, 0.5) is 0 Å². The Bertz CT molecular complexity index is 332. The minimum Gasteiger partial charge on any atom is -0.477 e. The molecule has 2 N–H and O–H groups in total. The van der Waals surface area contributed by atoms with Crippen LogP contribution in [0.25, 0.3) is 0 Å². The summed E-state index contributed by atoms with van der Waals surface area (Å²) < 4.78 is 0. The van der Waals surface area contributed by atoms with Crippen LogP contribution in [0.1, 0.15) is 22.2 Å². The van der Waals surface area contributed by atoms with Crippen LogP contribution in [0.3, 0.4) is 0 Å². The van der Waals surface area contributed by atoms with Crippen LogP contribution >= 0.6 is 11.3 Å². The first-order valence-electron chi connectivity index (χ1n) is 3.64. The molecule has 0 aliphatic rings. The van der Waals surface area contributed by atoms with Crippen LogP contribution in [0.5, 0.6) is 0 Å². The van der Waals surface area contributed by atoms with E-state index in [0.29, 0.717) is 11.4 Å². The van der Waals surface area contributed by atoms with Crippen molar-refractivity contribution in [3.63, 3.8) is 0 Å². The van der Waals surface area contributed by atoms with E-state index in [1.807, 2.05) is 0 Å². The highest BCUT2D eigenvalue weighted by Gasteiger charge is 2.06. The molecular weight excluding hydrogens is 190 g/mol. The molecular formula is C8H9NO3S. The van der Waals surface area contributed by atoms with Gasteiger partial charge in [-0.05, 0) is 17.0 Å². The Morgan fingerprint density at radius 3 is 2.77 bits per heavy atom. The molecule has 0 saturated carbocycles. The van der Waals surface area contributed by atoms with Crippen LogP contribution in [-0.4, -0.2) is 17.0 Å². The van der Waals surface area contributed by atoms with Crippen molar-refractivity contribution in [2.24, 2.45) is 0 Å². The van der Waals surface area contributed by atoms with Gasteiger partial charge in [-0.15, -0.1) is 11.3 Å². The molecule has 0 atom stereocenters. The van der Waals surface area contributed by atoms with E-state index < -0.39 is 5.97 Å². The predicted molar refractivity (Wildman–Crippen MR) is 48.8 cm³/mol. The molecule has 1 aromatic heterocycles. The lowest BCUT2D eigenvalue weighted by atomic mass is 10.3. The van der Waals surface area contributed by atoms with Gasteiger partial charge in [0.15, 0.2) is 0 Å². The molecule has 1 amide bonds. The van der Waals surface area contributed by atoms with E-state index in [0.717, 1.165) is 16.9 Å². The standard InChI is InChI=1S/C8H9NO3S/c1-5(10)9-3-6-2-7(8(11)12)13-4-6/h2,4H,3H2,1H3,(H,9,10)(H,11,12). The minimum absolute atomic E-state index is 0.122. The lowest BCUT2D eigenvalue weighted by molar-refractivity contribution is -0.119. The second-order valence-electron chi connectivity index (χ2n) is 2.53. The van der Waals surface area contributed by atoms with E-state index in [1.165, 1.54) is 6.92 Å². The summed E-state index contributed by atoms with van der Waals surface area (Å²) in [5.74, 6) is -1.05. The number of hydrogen-bond donors (Lipinski definition) is 2. The quantitative estimate of drug-likeness (QED) is 0.765. The van der Waals surface area contributed by atoms with Crippen LogP contribution in [0, 0.1) is 0 Å². The van der Waals surface area contributed by atoms with Gasteiger partial charge in [0.2, 0.25) is 5.91 Å². The SMILES string of the molecule is CC(=O)NCc1csc(C(=O)O)c1. The number of carboxylic acids is 1. The molecule has 0 saturated heterocycles. The maximum atomic E-state index is 10.5. The molecule has 0 fully saturated rings. The number of carboxylic acid groups (broad SMARTS) is 1. The number of hydrogen-bond acceptors (Lipinski definition) is 3. The van der Waals surface area contributed by atoms with Gasteiger partial charge in [0.1, 0.15) is 4.88 Å². The van der Waals surface area contributed by atoms with E-state index in [-0.39, 0.29) is 5.91 Å². The summed E-state index contributed by atoms with van der Waals surface area (Å²) in [5, 5.41) is 12.9. The fourth-order valence-corrected chi connectivity index (χ4v) is 1.56. The largest absolute Gasteiger partial charge is 0.477 e. The first-order valence-corrected chi connectivity index (χ1v) is 4.52. The van der Waals surface area contributed by atoms with Gasteiger partial charge in [-0.3, -0.25) is 4.79 Å². The van der Waals surface area contributed by atoms with Gasteiger partial charge < -0.3 is 10.4 Å². The first-order chi connectivity index (χ1) is 6.09. The Hall–Kier alpha value is -1.36. The number of thiophene rings is 1. The number of carbonyl (C=O) groups is 2. The van der Waals surface area contributed by atoms with Gasteiger partial charge in [0.05, 0.1) is 0 Å². The molecule has 0 unspecified atom stereocenters. The van der Waals surface area contributed by atoms with Crippen molar-refractivity contribution >= 4 is 23.2 Å². The topological polar surface area (TPSA) is 66.4 Å². The lowest BCUT2D eigenvalue weighted by Crippen LogP contribution is -2.18. The molecule has 0 aliphatic carbocycles. The van der Waals surface area contributed by atoms with Crippen LogP contribution in [0.15, 0.2) is 11.4 Å². The highest BCUT2D eigenvalue weighted by atomic mass is 32.1. The molecule has 70 valence electrons. The average Bonchev–Trinajstić information content (AvgIpc) is 2.48. The third-order valence-corrected chi connectivity index (χ3v) is 2.37. The highest BCUT2D eigenvalue weighted by molar-refractivity contribution is 7.12. The second-order valence-corrected chi connectivity index (χ2v) is 3.45. The Balaban J connectivity index is 2.59. The van der Waals surface area contributed by atoms with Crippen molar-refractivity contribution in [3.05, 3.63) is 21.9 Å². The van der Waals surface area contributed by atoms with Gasteiger partial charge in [-0.25, -0.2) is 4.79 Å². The summed E-state index contributed by atoms with van der Waals surface area (Å²) in [6.07, 6.45) is 0. The van der Waals surface area contributed by atoms with E-state index >= 15 is 0 Å². The lowest BCUT2D eigenvalue weighted by Gasteiger charge is -1.96. The van der Waals surface area contributed by atoms with Gasteiger partial charge in [0.25, 0.3) is 0 Å². The maximum Gasteiger partial charge on any atom is 0.345 e. The fraction of sp³-hybridized carbons (Fsp3) is 0.250. The molecule has 0 aliphatic heterocycles. The molecule has 0 radical (unpaired) electrons. The summed E-state index contributed by atoms with van der Waals surface area (Å²) in [6.45, 7) is 1.81. The first kappa shape index (κ1) is 9.73. The zero-order valence-corrected chi connectivity index (χ0v) is 7.85. The van der Waals surface area contributed by atoms with Crippen molar-refractivity contribution in [1.82, 2.24) is 5.32 Å². The van der Waals surface area contributed by atoms with E-state index in [9.17, 15) is 9.59 Å². The predicted octanol–water partition coefficient (Wildman–Crippen LogP) is 1.08. The Kier molecular flexibility index (Phi) is 3.02. The van der Waals surface area contributed by atoms with E-state index in [4.69, 9.17) is 5.11 Å². The van der Waals surface area contributed by atoms with Crippen molar-refractivity contribution in [2.75, 3.05) is 0 Å². The van der Waals surface area contributed by atoms with Crippen molar-refractivity contribution in [1.29, 1.82) is 0 Å². The van der Waals surface area contributed by atoms with Crippen molar-refractivity contribution < 1.29 is 14.7 Å². The summed E-state index contributed by atoms with van der Waals surface area (Å²) in [4.78, 5) is 21.3. The minimum atomic E-state index is -0.931. The summed E-state index contributed by atoms with van der Waals surface area (Å²) in [7, 11) is 0. The zero-order chi connectivity index (χ0) is 9.84. The number of nitrogens with one attached hydrogen (secondary N) is 1. The van der Waals surface area contributed by atoms with Gasteiger partial charge in [-0.1, -0.05) is 0 Å². The van der Waals surface area contributed by atoms with E-state index in [2.05, 4.69) is 5.32 Å². The summed E-state index contributed by atoms with van der Waals surface area (Å²) in [5.41, 5.74) is 0.817. The van der Waals surface area contributed by atoms with Crippen molar-refractivity contribution in [3.8, 4) is 0 Å². The molecule has 1 heterocycles. The average molecular weight is 199 g/mol. The third kappa shape index (κ3) is 2.87. The van der Waals surface area contributed by atoms with Gasteiger partial charge >= 0.3 is 5.97 Å². The molecule has 13 heavy (non-hydrogen) atoms. The number of carbonyl (C=O) groups excluding carboxylic acids is 1. The maximum absolute atomic E-state index is 10.5. The van der Waals surface area contributed by atoms with Gasteiger partial charge in [-0.2, -0.15) is 0 Å². The molecule has 4 nitrogen and oxygen atoms in total. The molecule has 1 rings (SSSR count). The van der Waals surface area contributed by atoms with Crippen molar-refractivity contribution in [2.45, 2.75) is 13.5 Å². The highest BCUT2D eigenvalue weighted by Crippen LogP contribution is 2.14. The Morgan fingerprint density at radius 1 is 1.62 bits per heavy atom. The van der Waals surface area contributed by atoms with Gasteiger partial charge in [0, 0.05) is 13.5 Å². The monoisotopic (exact) mass is 199 g/mol. The molecule has 5 heteroatoms. The molecule has 0 bridgehead atoms.